The van der Waals surface area contributed by atoms with Crippen LogP contribution in [0.2, 0.25) is 0 Å². The highest BCUT2D eigenvalue weighted by Crippen LogP contribution is 2.42. The normalized spacial score (nSPS) is 24.7. The summed E-state index contributed by atoms with van der Waals surface area (Å²) >= 11 is 0. The molecule has 8 heteroatoms. The number of anilines is 1. The minimum atomic E-state index is 0.0293. The third-order valence-electron chi connectivity index (χ3n) is 6.42. The van der Waals surface area contributed by atoms with Crippen LogP contribution in [0, 0.1) is 0 Å². The van der Waals surface area contributed by atoms with Crippen LogP contribution in [-0.2, 0) is 0 Å². The summed E-state index contributed by atoms with van der Waals surface area (Å²) in [5.41, 5.74) is 1.38. The van der Waals surface area contributed by atoms with Gasteiger partial charge in [-0.1, -0.05) is 0 Å². The van der Waals surface area contributed by atoms with Crippen molar-refractivity contribution < 1.29 is 9.21 Å². The van der Waals surface area contributed by atoms with Crippen LogP contribution >= 0.6 is 0 Å². The van der Waals surface area contributed by atoms with Crippen LogP contribution in [0.25, 0.3) is 11.0 Å². The van der Waals surface area contributed by atoms with Gasteiger partial charge >= 0.3 is 0 Å². The summed E-state index contributed by atoms with van der Waals surface area (Å²) in [5, 5.41) is 1.04. The number of aromatic nitrogens is 4. The number of nitrogens with one attached hydrogen (secondary N) is 1. The number of likely N-dealkylation sites (tertiary alicyclic amines) is 1. The maximum atomic E-state index is 13.3. The molecule has 0 bridgehead atoms. The Labute approximate surface area is 162 Å². The molecule has 28 heavy (non-hydrogen) atoms. The van der Waals surface area contributed by atoms with Gasteiger partial charge in [-0.3, -0.25) is 4.79 Å². The second-order valence-electron chi connectivity index (χ2n) is 8.03. The molecule has 0 spiro atoms. The van der Waals surface area contributed by atoms with Gasteiger partial charge in [0.2, 0.25) is 0 Å². The standard InChI is InChI=1S/C20H22N6O2/c27-20(16-17(12-3-4-12)28-11-24-16)26-8-1-2-14-15(26)6-9-25(14)19-13-5-7-21-18(13)22-10-23-19/h5,7,10-12,14-15H,1-4,6,8-9H2,(H,21,22,23)/t14-,15-/m1/s1. The molecule has 5 heterocycles. The minimum Gasteiger partial charge on any atom is -0.447 e. The Morgan fingerprint density at radius 2 is 2.04 bits per heavy atom. The molecule has 0 unspecified atom stereocenters. The molecule has 3 aromatic heterocycles. The molecule has 3 aliphatic rings. The molecule has 2 aliphatic heterocycles. The molecule has 3 aromatic rings. The van der Waals surface area contributed by atoms with E-state index in [1.807, 2.05) is 17.2 Å². The first-order valence-corrected chi connectivity index (χ1v) is 10.1. The lowest BCUT2D eigenvalue weighted by Crippen LogP contribution is -2.52. The third kappa shape index (κ3) is 2.36. The van der Waals surface area contributed by atoms with Crippen molar-refractivity contribution in [2.45, 2.75) is 50.1 Å². The van der Waals surface area contributed by atoms with E-state index in [4.69, 9.17) is 4.42 Å². The molecule has 0 radical (unpaired) electrons. The number of fused-ring (bicyclic) bond motifs is 2. The number of nitrogens with zero attached hydrogens (tertiary/aromatic N) is 5. The van der Waals surface area contributed by atoms with Crippen molar-refractivity contribution in [2.75, 3.05) is 18.0 Å². The molecule has 1 saturated carbocycles. The summed E-state index contributed by atoms with van der Waals surface area (Å²) in [6, 6.07) is 2.50. The van der Waals surface area contributed by atoms with E-state index < -0.39 is 0 Å². The summed E-state index contributed by atoms with van der Waals surface area (Å²) in [5.74, 6) is 2.16. The second kappa shape index (κ2) is 6.05. The number of carbonyl (C=O) groups is 1. The topological polar surface area (TPSA) is 91.2 Å². The molecule has 2 atom stereocenters. The predicted octanol–water partition coefficient (Wildman–Crippen LogP) is 2.71. The zero-order chi connectivity index (χ0) is 18.7. The molecule has 144 valence electrons. The molecule has 8 nitrogen and oxygen atoms in total. The molecule has 0 aromatic carbocycles. The molecule has 1 N–H and O–H groups in total. The Morgan fingerprint density at radius 1 is 1.11 bits per heavy atom. The molecule has 2 saturated heterocycles. The first-order chi connectivity index (χ1) is 13.8. The van der Waals surface area contributed by atoms with Crippen molar-refractivity contribution in [1.29, 1.82) is 0 Å². The molecular formula is C20H22N6O2. The van der Waals surface area contributed by atoms with E-state index in [0.29, 0.717) is 11.6 Å². The number of amides is 1. The number of oxazole rings is 1. The van der Waals surface area contributed by atoms with Gasteiger partial charge in [0.1, 0.15) is 23.6 Å². The lowest BCUT2D eigenvalue weighted by molar-refractivity contribution is 0.0601. The molecule has 3 fully saturated rings. The highest BCUT2D eigenvalue weighted by Gasteiger charge is 2.44. The number of carbonyl (C=O) groups excluding carboxylic acids is 1. The zero-order valence-corrected chi connectivity index (χ0v) is 15.5. The van der Waals surface area contributed by atoms with Crippen LogP contribution in [0.3, 0.4) is 0 Å². The Morgan fingerprint density at radius 3 is 2.93 bits per heavy atom. The van der Waals surface area contributed by atoms with Gasteiger partial charge in [-0.05, 0) is 38.2 Å². The van der Waals surface area contributed by atoms with E-state index in [1.54, 1.807) is 6.33 Å². The number of hydrogen-bond donors (Lipinski definition) is 1. The van der Waals surface area contributed by atoms with Crippen molar-refractivity contribution >= 4 is 22.8 Å². The second-order valence-corrected chi connectivity index (χ2v) is 8.03. The van der Waals surface area contributed by atoms with Crippen LogP contribution in [0.5, 0.6) is 0 Å². The van der Waals surface area contributed by atoms with E-state index in [9.17, 15) is 4.79 Å². The number of piperidine rings is 1. The van der Waals surface area contributed by atoms with Crippen molar-refractivity contribution in [2.24, 2.45) is 0 Å². The van der Waals surface area contributed by atoms with Gasteiger partial charge in [-0.2, -0.15) is 0 Å². The van der Waals surface area contributed by atoms with Crippen LogP contribution < -0.4 is 4.90 Å². The van der Waals surface area contributed by atoms with Crippen molar-refractivity contribution in [3.8, 4) is 0 Å². The maximum Gasteiger partial charge on any atom is 0.276 e. The number of aromatic amines is 1. The zero-order valence-electron chi connectivity index (χ0n) is 15.5. The average Bonchev–Trinajstić information content (AvgIpc) is 3.14. The fraction of sp³-hybridized carbons (Fsp3) is 0.500. The summed E-state index contributed by atoms with van der Waals surface area (Å²) in [7, 11) is 0. The van der Waals surface area contributed by atoms with Gasteiger partial charge in [0, 0.05) is 25.2 Å². The van der Waals surface area contributed by atoms with E-state index in [-0.39, 0.29) is 18.0 Å². The Hall–Kier alpha value is -2.90. The van der Waals surface area contributed by atoms with Crippen LogP contribution in [0.15, 0.2) is 29.4 Å². The molecule has 1 aliphatic carbocycles. The van der Waals surface area contributed by atoms with Gasteiger partial charge < -0.3 is 19.2 Å². The van der Waals surface area contributed by atoms with Gasteiger partial charge in [-0.25, -0.2) is 15.0 Å². The first kappa shape index (κ1) is 16.1. The predicted molar refractivity (Wildman–Crippen MR) is 102 cm³/mol. The van der Waals surface area contributed by atoms with Gasteiger partial charge in [0.15, 0.2) is 12.1 Å². The monoisotopic (exact) mass is 378 g/mol. The first-order valence-electron chi connectivity index (χ1n) is 10.1. The van der Waals surface area contributed by atoms with E-state index in [2.05, 4.69) is 24.8 Å². The lowest BCUT2D eigenvalue weighted by atomic mass is 9.96. The number of hydrogen-bond acceptors (Lipinski definition) is 6. The van der Waals surface area contributed by atoms with Crippen LogP contribution in [0.1, 0.15) is 54.3 Å². The van der Waals surface area contributed by atoms with E-state index in [0.717, 1.165) is 67.8 Å². The Bertz CT molecular complexity index is 1040. The van der Waals surface area contributed by atoms with Gasteiger partial charge in [0.25, 0.3) is 5.91 Å². The van der Waals surface area contributed by atoms with Crippen LogP contribution in [-0.4, -0.2) is 55.9 Å². The average molecular weight is 378 g/mol. The summed E-state index contributed by atoms with van der Waals surface area (Å²) in [4.78, 5) is 34.1. The lowest BCUT2D eigenvalue weighted by Gasteiger charge is -2.40. The Kier molecular flexibility index (Phi) is 3.48. The van der Waals surface area contributed by atoms with Gasteiger partial charge in [-0.15, -0.1) is 0 Å². The summed E-state index contributed by atoms with van der Waals surface area (Å²) in [6.07, 6.45) is 10.1. The van der Waals surface area contributed by atoms with E-state index >= 15 is 0 Å². The number of H-pyrrole nitrogens is 1. The maximum absolute atomic E-state index is 13.3. The third-order valence-corrected chi connectivity index (χ3v) is 6.42. The number of rotatable bonds is 3. The van der Waals surface area contributed by atoms with E-state index in [1.165, 1.54) is 6.39 Å². The highest BCUT2D eigenvalue weighted by atomic mass is 16.3. The minimum absolute atomic E-state index is 0.0293. The summed E-state index contributed by atoms with van der Waals surface area (Å²) in [6.45, 7) is 1.68. The largest absolute Gasteiger partial charge is 0.447 e. The van der Waals surface area contributed by atoms with Crippen LogP contribution in [0.4, 0.5) is 5.82 Å². The molecule has 6 rings (SSSR count). The quantitative estimate of drug-likeness (QED) is 0.753. The summed E-state index contributed by atoms with van der Waals surface area (Å²) < 4.78 is 5.55. The SMILES string of the molecule is O=C(c1ncoc1C1CC1)N1CCC[C@@H]2[C@H]1CCN2c1ncnc2[nH]ccc12. The van der Waals surface area contributed by atoms with Gasteiger partial charge in [0.05, 0.1) is 17.5 Å². The Balaban J connectivity index is 1.31. The van der Waals surface area contributed by atoms with Crippen molar-refractivity contribution in [3.63, 3.8) is 0 Å². The van der Waals surface area contributed by atoms with Crippen molar-refractivity contribution in [1.82, 2.24) is 24.8 Å². The molecular weight excluding hydrogens is 356 g/mol. The molecule has 1 amide bonds. The highest BCUT2D eigenvalue weighted by molar-refractivity contribution is 5.94. The van der Waals surface area contributed by atoms with Crippen molar-refractivity contribution in [3.05, 3.63) is 36.4 Å². The smallest absolute Gasteiger partial charge is 0.276 e. The fourth-order valence-electron chi connectivity index (χ4n) is 4.98. The fourth-order valence-corrected chi connectivity index (χ4v) is 4.98.